The first-order valence-electron chi connectivity index (χ1n) is 8.30. The molecule has 6 heteroatoms. The number of amides is 2. The number of ether oxygens (including phenoxy) is 1. The molecule has 0 saturated carbocycles. The summed E-state index contributed by atoms with van der Waals surface area (Å²) in [6, 6.07) is 5.56. The van der Waals surface area contributed by atoms with Crippen LogP contribution in [0.25, 0.3) is 0 Å². The van der Waals surface area contributed by atoms with E-state index in [4.69, 9.17) is 4.74 Å². The zero-order valence-corrected chi connectivity index (χ0v) is 14.2. The average Bonchev–Trinajstić information content (AvgIpc) is 2.56. The van der Waals surface area contributed by atoms with Crippen LogP contribution in [0.15, 0.2) is 18.2 Å². The summed E-state index contributed by atoms with van der Waals surface area (Å²) in [6.07, 6.45) is 4.33. The van der Waals surface area contributed by atoms with Gasteiger partial charge in [-0.3, -0.25) is 9.59 Å². The molecule has 0 radical (unpaired) electrons. The number of hydrogen-bond donors (Lipinski definition) is 2. The molecule has 6 nitrogen and oxygen atoms in total. The Morgan fingerprint density at radius 2 is 1.79 bits per heavy atom. The van der Waals surface area contributed by atoms with Gasteiger partial charge in [-0.05, 0) is 62.8 Å². The summed E-state index contributed by atoms with van der Waals surface area (Å²) in [5, 5.41) is 5.07. The molecule has 0 aromatic heterocycles. The number of rotatable bonds is 6. The molecular weight excluding hydrogens is 308 g/mol. The van der Waals surface area contributed by atoms with Crippen molar-refractivity contribution < 1.29 is 19.1 Å². The van der Waals surface area contributed by atoms with E-state index in [1.807, 2.05) is 26.0 Å². The molecule has 2 amide bonds. The normalized spacial score (nSPS) is 13.1. The first-order valence-corrected chi connectivity index (χ1v) is 8.30. The fraction of sp³-hybridized carbons (Fsp3) is 0.500. The van der Waals surface area contributed by atoms with Gasteiger partial charge in [0.25, 0.3) is 5.91 Å². The van der Waals surface area contributed by atoms with E-state index < -0.39 is 18.5 Å². The van der Waals surface area contributed by atoms with Crippen LogP contribution in [0.3, 0.4) is 0 Å². The maximum Gasteiger partial charge on any atom is 0.338 e. The molecule has 2 rings (SSSR count). The van der Waals surface area contributed by atoms with Crippen LogP contribution in [0.4, 0.5) is 0 Å². The number of carbonyl (C=O) groups excluding carboxylic acids is 3. The van der Waals surface area contributed by atoms with E-state index in [1.165, 1.54) is 17.5 Å². The monoisotopic (exact) mass is 332 g/mol. The number of aryl methyl sites for hydroxylation is 2. The highest BCUT2D eigenvalue weighted by Gasteiger charge is 2.15. The van der Waals surface area contributed by atoms with Gasteiger partial charge >= 0.3 is 5.97 Å². The molecular formula is C18H24N2O4. The summed E-state index contributed by atoms with van der Waals surface area (Å²) in [6.45, 7) is 3.14. The highest BCUT2D eigenvalue weighted by Crippen LogP contribution is 2.22. The molecule has 130 valence electrons. The Bertz CT molecular complexity index is 625. The molecule has 1 aromatic rings. The van der Waals surface area contributed by atoms with Crippen molar-refractivity contribution in [3.05, 3.63) is 34.9 Å². The molecule has 1 aromatic carbocycles. The lowest BCUT2D eigenvalue weighted by Gasteiger charge is -2.16. The number of benzene rings is 1. The van der Waals surface area contributed by atoms with Gasteiger partial charge in [0.15, 0.2) is 6.61 Å². The van der Waals surface area contributed by atoms with Crippen LogP contribution < -0.4 is 10.6 Å². The summed E-state index contributed by atoms with van der Waals surface area (Å²) in [7, 11) is 0. The maximum absolute atomic E-state index is 12.0. The van der Waals surface area contributed by atoms with Gasteiger partial charge in [0.2, 0.25) is 5.91 Å². The van der Waals surface area contributed by atoms with Gasteiger partial charge in [0.05, 0.1) is 12.1 Å². The van der Waals surface area contributed by atoms with E-state index in [0.29, 0.717) is 5.56 Å². The van der Waals surface area contributed by atoms with E-state index in [0.717, 1.165) is 19.3 Å². The number of nitrogens with one attached hydrogen (secondary N) is 2. The fourth-order valence-corrected chi connectivity index (χ4v) is 2.68. The van der Waals surface area contributed by atoms with Crippen LogP contribution in [-0.2, 0) is 27.2 Å². The van der Waals surface area contributed by atoms with Gasteiger partial charge in [-0.25, -0.2) is 4.79 Å². The largest absolute Gasteiger partial charge is 0.452 e. The van der Waals surface area contributed by atoms with Crippen LogP contribution in [0, 0.1) is 0 Å². The first-order chi connectivity index (χ1) is 11.5. The van der Waals surface area contributed by atoms with Crippen molar-refractivity contribution >= 4 is 17.8 Å². The summed E-state index contributed by atoms with van der Waals surface area (Å²) < 4.78 is 5.01. The first kappa shape index (κ1) is 18.0. The smallest absolute Gasteiger partial charge is 0.338 e. The quantitative estimate of drug-likeness (QED) is 0.771. The topological polar surface area (TPSA) is 84.5 Å². The second-order valence-electron chi connectivity index (χ2n) is 6.27. The summed E-state index contributed by atoms with van der Waals surface area (Å²) in [4.78, 5) is 35.1. The molecule has 0 unspecified atom stereocenters. The van der Waals surface area contributed by atoms with Crippen molar-refractivity contribution in [2.75, 3.05) is 13.2 Å². The predicted octanol–water partition coefficient (Wildman–Crippen LogP) is 1.36. The van der Waals surface area contributed by atoms with E-state index >= 15 is 0 Å². The van der Waals surface area contributed by atoms with Gasteiger partial charge in [0, 0.05) is 6.04 Å². The molecule has 24 heavy (non-hydrogen) atoms. The van der Waals surface area contributed by atoms with Crippen molar-refractivity contribution in [3.63, 3.8) is 0 Å². The Balaban J connectivity index is 1.78. The number of hydrogen-bond acceptors (Lipinski definition) is 4. The SMILES string of the molecule is CC(C)NC(=O)CNC(=O)COC(=O)c1ccc2c(c1)CCCC2. The Labute approximate surface area is 142 Å². The molecule has 0 bridgehead atoms. The molecule has 2 N–H and O–H groups in total. The molecule has 0 heterocycles. The molecule has 0 atom stereocenters. The van der Waals surface area contributed by atoms with Crippen molar-refractivity contribution in [1.29, 1.82) is 0 Å². The number of esters is 1. The predicted molar refractivity (Wildman–Crippen MR) is 89.7 cm³/mol. The fourth-order valence-electron chi connectivity index (χ4n) is 2.68. The minimum Gasteiger partial charge on any atom is -0.452 e. The number of fused-ring (bicyclic) bond motifs is 1. The van der Waals surface area contributed by atoms with E-state index in [9.17, 15) is 14.4 Å². The van der Waals surface area contributed by atoms with Crippen LogP contribution in [0.1, 0.15) is 48.2 Å². The third-order valence-corrected chi connectivity index (χ3v) is 3.81. The van der Waals surface area contributed by atoms with Gasteiger partial charge in [-0.2, -0.15) is 0 Å². The van der Waals surface area contributed by atoms with E-state index in [-0.39, 0.29) is 18.5 Å². The second-order valence-corrected chi connectivity index (χ2v) is 6.27. The van der Waals surface area contributed by atoms with Gasteiger partial charge in [-0.1, -0.05) is 6.07 Å². The molecule has 0 aliphatic heterocycles. The zero-order valence-electron chi connectivity index (χ0n) is 14.2. The van der Waals surface area contributed by atoms with Crippen molar-refractivity contribution in [1.82, 2.24) is 10.6 Å². The molecule has 0 spiro atoms. The second kappa shape index (κ2) is 8.47. The Morgan fingerprint density at radius 3 is 2.50 bits per heavy atom. The number of carbonyl (C=O) groups is 3. The zero-order chi connectivity index (χ0) is 17.5. The van der Waals surface area contributed by atoms with E-state index in [1.54, 1.807) is 6.07 Å². The Morgan fingerprint density at radius 1 is 1.08 bits per heavy atom. The molecule has 0 fully saturated rings. The maximum atomic E-state index is 12.0. The van der Waals surface area contributed by atoms with Crippen LogP contribution in [-0.4, -0.2) is 37.0 Å². The van der Waals surface area contributed by atoms with Crippen molar-refractivity contribution in [2.45, 2.75) is 45.6 Å². The standard InChI is InChI=1S/C18H24N2O4/c1-12(2)20-16(21)10-19-17(22)11-24-18(23)15-8-7-13-5-3-4-6-14(13)9-15/h7-9,12H,3-6,10-11H2,1-2H3,(H,19,22)(H,20,21). The highest BCUT2D eigenvalue weighted by molar-refractivity contribution is 5.92. The van der Waals surface area contributed by atoms with Crippen LogP contribution in [0.5, 0.6) is 0 Å². The third kappa shape index (κ3) is 5.37. The highest BCUT2D eigenvalue weighted by atomic mass is 16.5. The lowest BCUT2D eigenvalue weighted by molar-refractivity contribution is -0.128. The lowest BCUT2D eigenvalue weighted by Crippen LogP contribution is -2.41. The van der Waals surface area contributed by atoms with Crippen molar-refractivity contribution in [2.24, 2.45) is 0 Å². The average molecular weight is 332 g/mol. The van der Waals surface area contributed by atoms with Gasteiger partial charge in [0.1, 0.15) is 0 Å². The molecule has 0 saturated heterocycles. The minimum absolute atomic E-state index is 0.0104. The summed E-state index contributed by atoms with van der Waals surface area (Å²) >= 11 is 0. The van der Waals surface area contributed by atoms with Crippen LogP contribution >= 0.6 is 0 Å². The van der Waals surface area contributed by atoms with Crippen molar-refractivity contribution in [3.8, 4) is 0 Å². The minimum atomic E-state index is -0.523. The van der Waals surface area contributed by atoms with Gasteiger partial charge < -0.3 is 15.4 Å². The molecule has 1 aliphatic rings. The Hall–Kier alpha value is -2.37. The molecule has 1 aliphatic carbocycles. The summed E-state index contributed by atoms with van der Waals surface area (Å²) in [5.74, 6) is -1.30. The summed E-state index contributed by atoms with van der Waals surface area (Å²) in [5.41, 5.74) is 2.93. The van der Waals surface area contributed by atoms with Gasteiger partial charge in [-0.15, -0.1) is 0 Å². The van der Waals surface area contributed by atoms with Crippen LogP contribution in [0.2, 0.25) is 0 Å². The lowest BCUT2D eigenvalue weighted by atomic mass is 9.90. The van der Waals surface area contributed by atoms with E-state index in [2.05, 4.69) is 10.6 Å². The Kier molecular flexibility index (Phi) is 6.35. The third-order valence-electron chi connectivity index (χ3n) is 3.81.